The highest BCUT2D eigenvalue weighted by atomic mass is 35.5. The van der Waals surface area contributed by atoms with Gasteiger partial charge in [-0.1, -0.05) is 47.2 Å². The summed E-state index contributed by atoms with van der Waals surface area (Å²) in [6, 6.07) is 16.0. The summed E-state index contributed by atoms with van der Waals surface area (Å²) in [5.41, 5.74) is 1.20. The average molecular weight is 496 g/mol. The summed E-state index contributed by atoms with van der Waals surface area (Å²) in [6.07, 6.45) is 3.34. The number of rotatable bonds is 6. The van der Waals surface area contributed by atoms with Crippen molar-refractivity contribution in [2.75, 3.05) is 6.61 Å². The second-order valence-electron chi connectivity index (χ2n) is 7.00. The zero-order valence-electron chi connectivity index (χ0n) is 17.0. The highest BCUT2D eigenvalue weighted by Gasteiger charge is 2.13. The minimum atomic E-state index is -0.265. The van der Waals surface area contributed by atoms with E-state index in [4.69, 9.17) is 32.4 Å². The van der Waals surface area contributed by atoms with Gasteiger partial charge in [-0.2, -0.15) is 9.50 Å². The Kier molecular flexibility index (Phi) is 5.76. The molecule has 0 saturated carbocycles. The zero-order valence-corrected chi connectivity index (χ0v) is 19.3. The lowest BCUT2D eigenvalue weighted by Crippen LogP contribution is -2.23. The predicted octanol–water partition coefficient (Wildman–Crippen LogP) is 5.50. The molecule has 2 aromatic carbocycles. The monoisotopic (exact) mass is 495 g/mol. The van der Waals surface area contributed by atoms with E-state index in [1.165, 1.54) is 15.9 Å². The van der Waals surface area contributed by atoms with Crippen LogP contribution in [-0.4, -0.2) is 21.2 Å². The van der Waals surface area contributed by atoms with Crippen molar-refractivity contribution in [3.63, 3.8) is 0 Å². The molecule has 0 unspecified atom stereocenters. The molecule has 0 aliphatic heterocycles. The van der Waals surface area contributed by atoms with Gasteiger partial charge in [0.25, 0.3) is 5.56 Å². The lowest BCUT2D eigenvalue weighted by molar-refractivity contribution is 0.363. The highest BCUT2D eigenvalue weighted by molar-refractivity contribution is 7.15. The molecule has 0 aliphatic rings. The summed E-state index contributed by atoms with van der Waals surface area (Å²) in [5, 5.41) is 5.45. The fourth-order valence-electron chi connectivity index (χ4n) is 3.20. The van der Waals surface area contributed by atoms with Crippen molar-refractivity contribution < 1.29 is 9.15 Å². The van der Waals surface area contributed by atoms with Gasteiger partial charge in [-0.25, -0.2) is 0 Å². The molecule has 0 bridgehead atoms. The summed E-state index contributed by atoms with van der Waals surface area (Å²) in [7, 11) is 0. The quantitative estimate of drug-likeness (QED) is 0.291. The number of aromatic nitrogens is 3. The highest BCUT2D eigenvalue weighted by Crippen LogP contribution is 2.32. The van der Waals surface area contributed by atoms with Crippen molar-refractivity contribution in [3.8, 4) is 28.5 Å². The Bertz CT molecular complexity index is 1590. The van der Waals surface area contributed by atoms with Crippen molar-refractivity contribution in [1.82, 2.24) is 14.6 Å². The van der Waals surface area contributed by atoms with Crippen LogP contribution in [-0.2, 0) is 0 Å². The van der Waals surface area contributed by atoms with Crippen molar-refractivity contribution in [2.24, 2.45) is 0 Å². The number of furan rings is 1. The number of fused-ring (bicyclic) bond motifs is 1. The molecule has 0 fully saturated rings. The van der Waals surface area contributed by atoms with Crippen LogP contribution < -0.4 is 14.8 Å². The molecular formula is C24H15Cl2N3O3S. The van der Waals surface area contributed by atoms with Gasteiger partial charge in [0.2, 0.25) is 4.96 Å². The van der Waals surface area contributed by atoms with Gasteiger partial charge in [0.1, 0.15) is 28.4 Å². The Balaban J connectivity index is 1.45. The molecule has 5 aromatic rings. The number of thiazole rings is 1. The van der Waals surface area contributed by atoms with Crippen molar-refractivity contribution >= 4 is 45.6 Å². The number of nitrogens with zero attached hydrogens (tertiary/aromatic N) is 3. The summed E-state index contributed by atoms with van der Waals surface area (Å²) >= 11 is 13.6. The molecule has 0 atom stereocenters. The molecule has 3 heterocycles. The van der Waals surface area contributed by atoms with E-state index >= 15 is 0 Å². The van der Waals surface area contributed by atoms with E-state index in [0.717, 1.165) is 11.3 Å². The standard InChI is InChI=1S/C24H15Cl2N3O3S/c1-2-11-31-16-6-3-14(4-7-16)22-27-24-29(28-22)23(30)21(33-24)13-17-8-10-20(32-17)18-12-15(25)5-9-19(18)26/h2-10,12-13H,1,11H2/b21-13+. The van der Waals surface area contributed by atoms with Crippen molar-refractivity contribution in [3.05, 3.63) is 97.9 Å². The molecule has 6 nitrogen and oxygen atoms in total. The molecular weight excluding hydrogens is 481 g/mol. The number of benzene rings is 2. The molecule has 0 amide bonds. The Labute approximate surface area is 202 Å². The molecule has 0 aliphatic carbocycles. The molecule has 0 N–H and O–H groups in total. The first-order valence-electron chi connectivity index (χ1n) is 9.82. The van der Waals surface area contributed by atoms with Crippen LogP contribution in [0.2, 0.25) is 10.0 Å². The SMILES string of the molecule is C=CCOc1ccc(-c2nc3s/c(=C/c4ccc(-c5cc(Cl)ccc5Cl)o4)c(=O)n3n2)cc1. The molecule has 9 heteroatoms. The first kappa shape index (κ1) is 21.5. The lowest BCUT2D eigenvalue weighted by atomic mass is 10.2. The number of hydrogen-bond acceptors (Lipinski definition) is 6. The van der Waals surface area contributed by atoms with Gasteiger partial charge < -0.3 is 9.15 Å². The van der Waals surface area contributed by atoms with E-state index in [1.807, 2.05) is 24.3 Å². The maximum atomic E-state index is 12.9. The molecule has 0 saturated heterocycles. The summed E-state index contributed by atoms with van der Waals surface area (Å²) in [5.74, 6) is 2.26. The van der Waals surface area contributed by atoms with E-state index < -0.39 is 0 Å². The smallest absolute Gasteiger partial charge is 0.291 e. The van der Waals surface area contributed by atoms with Gasteiger partial charge in [-0.05, 0) is 54.6 Å². The summed E-state index contributed by atoms with van der Waals surface area (Å²) < 4.78 is 13.1. The van der Waals surface area contributed by atoms with E-state index in [0.29, 0.717) is 49.1 Å². The number of ether oxygens (including phenoxy) is 1. The Morgan fingerprint density at radius 3 is 2.70 bits per heavy atom. The van der Waals surface area contributed by atoms with E-state index in [2.05, 4.69) is 16.7 Å². The molecule has 5 rings (SSSR count). The van der Waals surface area contributed by atoms with E-state index in [-0.39, 0.29) is 5.56 Å². The van der Waals surface area contributed by atoms with Gasteiger partial charge in [0.05, 0.1) is 5.02 Å². The average Bonchev–Trinajstić information content (AvgIpc) is 3.52. The van der Waals surface area contributed by atoms with Gasteiger partial charge >= 0.3 is 0 Å². The third-order valence-corrected chi connectivity index (χ3v) is 6.28. The Morgan fingerprint density at radius 1 is 1.12 bits per heavy atom. The predicted molar refractivity (Wildman–Crippen MR) is 131 cm³/mol. The van der Waals surface area contributed by atoms with Crippen LogP contribution in [0.4, 0.5) is 0 Å². The van der Waals surface area contributed by atoms with Crippen LogP contribution >= 0.6 is 34.5 Å². The van der Waals surface area contributed by atoms with Gasteiger partial charge in [-0.15, -0.1) is 5.10 Å². The zero-order chi connectivity index (χ0) is 22.9. The molecule has 3 aromatic heterocycles. The first-order valence-corrected chi connectivity index (χ1v) is 11.4. The van der Waals surface area contributed by atoms with E-state index in [9.17, 15) is 4.79 Å². The topological polar surface area (TPSA) is 69.6 Å². The number of hydrogen-bond donors (Lipinski definition) is 0. The van der Waals surface area contributed by atoms with Crippen LogP contribution in [0, 0.1) is 0 Å². The van der Waals surface area contributed by atoms with Gasteiger partial charge in [0, 0.05) is 22.2 Å². The minimum absolute atomic E-state index is 0.265. The normalized spacial score (nSPS) is 11.9. The van der Waals surface area contributed by atoms with E-state index in [1.54, 1.807) is 42.5 Å². The van der Waals surface area contributed by atoms with Crippen LogP contribution in [0.1, 0.15) is 5.76 Å². The van der Waals surface area contributed by atoms with Crippen LogP contribution in [0.3, 0.4) is 0 Å². The third kappa shape index (κ3) is 4.30. The van der Waals surface area contributed by atoms with Crippen LogP contribution in [0.5, 0.6) is 5.75 Å². The Hall–Kier alpha value is -3.39. The second kappa shape index (κ2) is 8.86. The second-order valence-corrected chi connectivity index (χ2v) is 8.85. The Morgan fingerprint density at radius 2 is 1.94 bits per heavy atom. The summed E-state index contributed by atoms with van der Waals surface area (Å²) in [4.78, 5) is 17.9. The van der Waals surface area contributed by atoms with Crippen LogP contribution in [0.25, 0.3) is 33.7 Å². The fraction of sp³-hybridized carbons (Fsp3) is 0.0417. The third-order valence-electron chi connectivity index (χ3n) is 4.76. The summed E-state index contributed by atoms with van der Waals surface area (Å²) in [6.45, 7) is 4.06. The maximum absolute atomic E-state index is 12.9. The molecule has 0 radical (unpaired) electrons. The molecule has 164 valence electrons. The molecule has 0 spiro atoms. The lowest BCUT2D eigenvalue weighted by Gasteiger charge is -2.02. The molecule has 33 heavy (non-hydrogen) atoms. The first-order chi connectivity index (χ1) is 16.0. The fourth-order valence-corrected chi connectivity index (χ4v) is 4.47. The minimum Gasteiger partial charge on any atom is -0.490 e. The van der Waals surface area contributed by atoms with Crippen LogP contribution in [0.15, 0.2) is 76.5 Å². The van der Waals surface area contributed by atoms with Gasteiger partial charge in [0.15, 0.2) is 5.82 Å². The maximum Gasteiger partial charge on any atom is 0.291 e. The van der Waals surface area contributed by atoms with Gasteiger partial charge in [-0.3, -0.25) is 4.79 Å². The largest absolute Gasteiger partial charge is 0.490 e. The van der Waals surface area contributed by atoms with Crippen molar-refractivity contribution in [1.29, 1.82) is 0 Å². The number of halogens is 2. The van der Waals surface area contributed by atoms with Crippen molar-refractivity contribution in [2.45, 2.75) is 0 Å².